The Morgan fingerprint density at radius 3 is 2.10 bits per heavy atom. The van der Waals surface area contributed by atoms with E-state index in [4.69, 9.17) is 9.47 Å². The fraction of sp³-hybridized carbons (Fsp3) is 0.0435. The first kappa shape index (κ1) is 19.5. The van der Waals surface area contributed by atoms with Gasteiger partial charge in [0.25, 0.3) is 0 Å². The van der Waals surface area contributed by atoms with Crippen molar-refractivity contribution in [3.63, 3.8) is 0 Å². The Kier molecular flexibility index (Phi) is 5.81. The number of carbonyl (C=O) groups excluding carboxylic acids is 3. The normalized spacial score (nSPS) is 9.93. The van der Waals surface area contributed by atoms with Gasteiger partial charge in [0.2, 0.25) is 0 Å². The summed E-state index contributed by atoms with van der Waals surface area (Å²) in [7, 11) is 0. The van der Waals surface area contributed by atoms with Crippen molar-refractivity contribution in [1.29, 1.82) is 5.26 Å². The Morgan fingerprint density at radius 1 is 0.759 bits per heavy atom. The number of hydrogen-bond acceptors (Lipinski definition) is 6. The van der Waals surface area contributed by atoms with Crippen molar-refractivity contribution in [1.82, 2.24) is 0 Å². The van der Waals surface area contributed by atoms with E-state index in [0.29, 0.717) is 11.1 Å². The van der Waals surface area contributed by atoms with Gasteiger partial charge in [-0.25, -0.2) is 9.59 Å². The summed E-state index contributed by atoms with van der Waals surface area (Å²) >= 11 is 0. The summed E-state index contributed by atoms with van der Waals surface area (Å²) in [6, 6.07) is 20.5. The Hall–Kier alpha value is -4.24. The van der Waals surface area contributed by atoms with Gasteiger partial charge in [-0.15, -0.1) is 0 Å². The van der Waals surface area contributed by atoms with E-state index < -0.39 is 11.9 Å². The van der Waals surface area contributed by atoms with Crippen LogP contribution in [-0.2, 0) is 0 Å². The molecule has 0 amide bonds. The molecule has 0 saturated heterocycles. The average molecular weight is 385 g/mol. The molecule has 0 heterocycles. The summed E-state index contributed by atoms with van der Waals surface area (Å²) in [6.07, 6.45) is 0. The van der Waals surface area contributed by atoms with Gasteiger partial charge < -0.3 is 9.47 Å². The predicted molar refractivity (Wildman–Crippen MR) is 104 cm³/mol. The molecule has 29 heavy (non-hydrogen) atoms. The summed E-state index contributed by atoms with van der Waals surface area (Å²) in [4.78, 5) is 36.2. The third-order valence-corrected chi connectivity index (χ3v) is 4.00. The van der Waals surface area contributed by atoms with Crippen LogP contribution in [0, 0.1) is 11.3 Å². The van der Waals surface area contributed by atoms with Crippen LogP contribution in [0.5, 0.6) is 11.5 Å². The summed E-state index contributed by atoms with van der Waals surface area (Å²) in [5.74, 6) is -1.44. The Morgan fingerprint density at radius 2 is 1.41 bits per heavy atom. The molecule has 0 N–H and O–H groups in total. The number of carbonyl (C=O) groups is 3. The van der Waals surface area contributed by atoms with Gasteiger partial charge in [-0.2, -0.15) is 5.26 Å². The maximum Gasteiger partial charge on any atom is 0.343 e. The summed E-state index contributed by atoms with van der Waals surface area (Å²) in [6.45, 7) is 1.39. The number of benzene rings is 3. The highest BCUT2D eigenvalue weighted by molar-refractivity contribution is 5.98. The molecule has 6 heteroatoms. The Balaban J connectivity index is 1.83. The molecule has 0 atom stereocenters. The molecule has 0 bridgehead atoms. The number of nitriles is 1. The van der Waals surface area contributed by atoms with Crippen LogP contribution in [-0.4, -0.2) is 17.7 Å². The first-order valence-corrected chi connectivity index (χ1v) is 8.62. The van der Waals surface area contributed by atoms with E-state index in [1.165, 1.54) is 37.3 Å². The lowest BCUT2D eigenvalue weighted by atomic mass is 10.1. The molecule has 0 fully saturated rings. The maximum absolute atomic E-state index is 12.5. The fourth-order valence-electron chi connectivity index (χ4n) is 2.51. The number of ether oxygens (including phenoxy) is 2. The third kappa shape index (κ3) is 4.73. The molecule has 0 spiro atoms. The van der Waals surface area contributed by atoms with Crippen molar-refractivity contribution in [2.45, 2.75) is 6.92 Å². The minimum Gasteiger partial charge on any atom is -0.423 e. The summed E-state index contributed by atoms with van der Waals surface area (Å²) in [5, 5.41) is 9.28. The quantitative estimate of drug-likeness (QED) is 0.371. The van der Waals surface area contributed by atoms with Gasteiger partial charge in [0.1, 0.15) is 11.8 Å². The molecule has 6 nitrogen and oxygen atoms in total. The zero-order chi connectivity index (χ0) is 20.8. The fourth-order valence-corrected chi connectivity index (χ4v) is 2.51. The van der Waals surface area contributed by atoms with Crippen LogP contribution in [0.4, 0.5) is 0 Å². The zero-order valence-corrected chi connectivity index (χ0v) is 15.4. The molecule has 0 radical (unpaired) electrons. The number of nitrogens with zero attached hydrogens (tertiary/aromatic N) is 1. The van der Waals surface area contributed by atoms with E-state index in [-0.39, 0.29) is 28.4 Å². The van der Waals surface area contributed by atoms with E-state index in [9.17, 15) is 19.6 Å². The first-order chi connectivity index (χ1) is 14.0. The van der Waals surface area contributed by atoms with Crippen molar-refractivity contribution < 1.29 is 23.9 Å². The highest BCUT2D eigenvalue weighted by Crippen LogP contribution is 2.26. The van der Waals surface area contributed by atoms with Gasteiger partial charge in [-0.1, -0.05) is 30.3 Å². The van der Waals surface area contributed by atoms with Crippen LogP contribution in [0.2, 0.25) is 0 Å². The van der Waals surface area contributed by atoms with Crippen molar-refractivity contribution in [3.8, 4) is 17.6 Å². The largest absolute Gasteiger partial charge is 0.423 e. The average Bonchev–Trinajstić information content (AvgIpc) is 2.74. The maximum atomic E-state index is 12.5. The van der Waals surface area contributed by atoms with E-state index in [0.717, 1.165) is 0 Å². The van der Waals surface area contributed by atoms with E-state index >= 15 is 0 Å². The van der Waals surface area contributed by atoms with E-state index in [1.54, 1.807) is 42.5 Å². The van der Waals surface area contributed by atoms with Gasteiger partial charge in [-0.3, -0.25) is 4.79 Å². The predicted octanol–water partition coefficient (Wildman–Crippen LogP) is 4.20. The van der Waals surface area contributed by atoms with Crippen molar-refractivity contribution in [2.75, 3.05) is 0 Å². The molecule has 0 aliphatic carbocycles. The van der Waals surface area contributed by atoms with Crippen molar-refractivity contribution in [2.24, 2.45) is 0 Å². The van der Waals surface area contributed by atoms with Gasteiger partial charge in [0, 0.05) is 11.6 Å². The van der Waals surface area contributed by atoms with Crippen LogP contribution in [0.15, 0.2) is 72.8 Å². The van der Waals surface area contributed by atoms with Crippen LogP contribution in [0.1, 0.15) is 43.6 Å². The Labute approximate surface area is 166 Å². The SMILES string of the molecule is CC(=O)c1cccc(C(=O)Oc2cc(OC(=O)c3ccccc3)ccc2C#N)c1. The standard InChI is InChI=1S/C23H15NO5/c1-15(25)17-8-5-9-18(12-17)23(27)29-21-13-20(11-10-19(21)14-24)28-22(26)16-6-3-2-4-7-16/h2-13H,1H3. The second-order valence-corrected chi connectivity index (χ2v) is 6.05. The highest BCUT2D eigenvalue weighted by atomic mass is 16.5. The Bertz CT molecular complexity index is 1130. The number of hydrogen-bond donors (Lipinski definition) is 0. The van der Waals surface area contributed by atoms with Gasteiger partial charge >= 0.3 is 11.9 Å². The van der Waals surface area contributed by atoms with E-state index in [2.05, 4.69) is 0 Å². The smallest absolute Gasteiger partial charge is 0.343 e. The molecule has 0 aromatic heterocycles. The molecular formula is C23H15NO5. The summed E-state index contributed by atoms with van der Waals surface area (Å²) in [5.41, 5.74) is 0.982. The molecular weight excluding hydrogens is 370 g/mol. The number of rotatable bonds is 5. The molecule has 3 rings (SSSR count). The molecule has 0 unspecified atom stereocenters. The number of ketones is 1. The lowest BCUT2D eigenvalue weighted by molar-refractivity contribution is 0.0732. The molecule has 142 valence electrons. The van der Waals surface area contributed by atoms with Crippen LogP contribution in [0.3, 0.4) is 0 Å². The zero-order valence-electron chi connectivity index (χ0n) is 15.4. The lowest BCUT2D eigenvalue weighted by Gasteiger charge is -2.09. The second kappa shape index (κ2) is 8.63. The monoisotopic (exact) mass is 385 g/mol. The van der Waals surface area contributed by atoms with Crippen LogP contribution in [0.25, 0.3) is 0 Å². The van der Waals surface area contributed by atoms with Gasteiger partial charge in [0.05, 0.1) is 16.7 Å². The number of Topliss-reactive ketones (excluding diaryl/α,β-unsaturated/α-hetero) is 1. The molecule has 3 aromatic rings. The first-order valence-electron chi connectivity index (χ1n) is 8.62. The molecule has 3 aromatic carbocycles. The van der Waals surface area contributed by atoms with Crippen molar-refractivity contribution >= 4 is 17.7 Å². The third-order valence-electron chi connectivity index (χ3n) is 4.00. The second-order valence-electron chi connectivity index (χ2n) is 6.05. The number of esters is 2. The van der Waals surface area contributed by atoms with Crippen LogP contribution >= 0.6 is 0 Å². The lowest BCUT2D eigenvalue weighted by Crippen LogP contribution is -2.11. The molecule has 0 aliphatic rings. The van der Waals surface area contributed by atoms with Gasteiger partial charge in [-0.05, 0) is 43.3 Å². The molecule has 0 aliphatic heterocycles. The minimum atomic E-state index is -0.740. The van der Waals surface area contributed by atoms with Gasteiger partial charge in [0.15, 0.2) is 11.5 Å². The van der Waals surface area contributed by atoms with Crippen molar-refractivity contribution in [3.05, 3.63) is 95.1 Å². The summed E-state index contributed by atoms with van der Waals surface area (Å²) < 4.78 is 10.6. The topological polar surface area (TPSA) is 93.5 Å². The van der Waals surface area contributed by atoms with Crippen LogP contribution < -0.4 is 9.47 Å². The van der Waals surface area contributed by atoms with E-state index in [1.807, 2.05) is 6.07 Å². The highest BCUT2D eigenvalue weighted by Gasteiger charge is 2.16. The minimum absolute atomic E-state index is 0.0518. The molecule has 0 saturated carbocycles.